The first-order valence-corrected chi connectivity index (χ1v) is 12.0. The Morgan fingerprint density at radius 1 is 1.10 bits per heavy atom. The van der Waals surface area contributed by atoms with Gasteiger partial charge in [-0.15, -0.1) is 0 Å². The summed E-state index contributed by atoms with van der Waals surface area (Å²) >= 11 is 0. The predicted octanol–water partition coefficient (Wildman–Crippen LogP) is 4.63. The topological polar surface area (TPSA) is 63.6 Å². The fraction of sp³-hybridized carbons (Fsp3) is 0.920. The summed E-state index contributed by atoms with van der Waals surface area (Å²) < 4.78 is 5.08. The average molecular weight is 405 g/mol. The highest BCUT2D eigenvalue weighted by Crippen LogP contribution is 2.68. The zero-order chi connectivity index (χ0) is 21.1. The van der Waals surface area contributed by atoms with E-state index < -0.39 is 0 Å². The number of esters is 1. The molecule has 0 aromatic rings. The van der Waals surface area contributed by atoms with Crippen molar-refractivity contribution in [1.29, 1.82) is 0 Å². The van der Waals surface area contributed by atoms with E-state index in [4.69, 9.17) is 4.74 Å². The number of Topliss-reactive ketones (excluding diaryl/α,β-unsaturated/α-hetero) is 1. The van der Waals surface area contributed by atoms with Crippen molar-refractivity contribution in [1.82, 2.24) is 0 Å². The lowest BCUT2D eigenvalue weighted by molar-refractivity contribution is -0.174. The molecule has 4 saturated carbocycles. The van der Waals surface area contributed by atoms with Gasteiger partial charge in [-0.3, -0.25) is 9.59 Å². The lowest BCUT2D eigenvalue weighted by Gasteiger charge is -2.62. The lowest BCUT2D eigenvalue weighted by Crippen LogP contribution is -2.60. The van der Waals surface area contributed by atoms with Crippen LogP contribution in [0, 0.1) is 52.3 Å². The van der Waals surface area contributed by atoms with E-state index in [-0.39, 0.29) is 40.7 Å². The molecular weight excluding hydrogens is 364 g/mol. The van der Waals surface area contributed by atoms with Crippen molar-refractivity contribution in [2.45, 2.75) is 85.2 Å². The van der Waals surface area contributed by atoms with E-state index in [9.17, 15) is 14.7 Å². The Bertz CT molecular complexity index is 674. The van der Waals surface area contributed by atoms with Crippen molar-refractivity contribution < 1.29 is 19.4 Å². The third-order valence-corrected chi connectivity index (χ3v) is 10.4. The van der Waals surface area contributed by atoms with Crippen molar-refractivity contribution in [3.63, 3.8) is 0 Å². The summed E-state index contributed by atoms with van der Waals surface area (Å²) in [5.74, 6) is 2.00. The van der Waals surface area contributed by atoms with E-state index in [1.807, 2.05) is 6.92 Å². The summed E-state index contributed by atoms with van der Waals surface area (Å²) in [4.78, 5) is 26.2. The zero-order valence-electron chi connectivity index (χ0n) is 18.9. The number of aliphatic hydroxyl groups is 1. The highest BCUT2D eigenvalue weighted by atomic mass is 16.5. The molecule has 0 saturated heterocycles. The molecule has 0 spiro atoms. The average Bonchev–Trinajstić information content (AvgIpc) is 3.05. The van der Waals surface area contributed by atoms with Gasteiger partial charge in [-0.2, -0.15) is 0 Å². The van der Waals surface area contributed by atoms with Gasteiger partial charge in [0.2, 0.25) is 0 Å². The van der Waals surface area contributed by atoms with Gasteiger partial charge in [0.1, 0.15) is 5.78 Å². The molecule has 1 N–H and O–H groups in total. The van der Waals surface area contributed by atoms with Crippen molar-refractivity contribution >= 4 is 11.8 Å². The molecule has 4 heteroatoms. The summed E-state index contributed by atoms with van der Waals surface area (Å²) in [5.41, 5.74) is 0.228. The molecule has 4 fully saturated rings. The Morgan fingerprint density at radius 3 is 2.41 bits per heavy atom. The number of ketones is 1. The van der Waals surface area contributed by atoms with Crippen LogP contribution < -0.4 is 0 Å². The van der Waals surface area contributed by atoms with Crippen molar-refractivity contribution in [2.24, 2.45) is 52.3 Å². The number of carbonyl (C=O) groups is 2. The van der Waals surface area contributed by atoms with Crippen LogP contribution >= 0.6 is 0 Å². The Labute approximate surface area is 176 Å². The largest absolute Gasteiger partial charge is 0.469 e. The van der Waals surface area contributed by atoms with Gasteiger partial charge in [0.15, 0.2) is 0 Å². The highest BCUT2D eigenvalue weighted by Gasteiger charge is 2.65. The summed E-state index contributed by atoms with van der Waals surface area (Å²) in [6, 6.07) is 0. The molecule has 0 unspecified atom stereocenters. The monoisotopic (exact) mass is 404 g/mol. The number of aliphatic hydroxyl groups excluding tert-OH is 1. The van der Waals surface area contributed by atoms with Gasteiger partial charge in [0, 0.05) is 11.8 Å². The van der Waals surface area contributed by atoms with E-state index >= 15 is 0 Å². The van der Waals surface area contributed by atoms with Gasteiger partial charge in [0.25, 0.3) is 0 Å². The molecule has 0 aliphatic heterocycles. The fourth-order valence-corrected chi connectivity index (χ4v) is 8.85. The number of hydrogen-bond donors (Lipinski definition) is 1. The third kappa shape index (κ3) is 2.95. The van der Waals surface area contributed by atoms with Crippen LogP contribution in [0.2, 0.25) is 0 Å². The van der Waals surface area contributed by atoms with E-state index in [1.54, 1.807) is 0 Å². The maximum Gasteiger partial charge on any atom is 0.308 e. The number of ether oxygens (including phenoxy) is 1. The van der Waals surface area contributed by atoms with Crippen molar-refractivity contribution in [2.75, 3.05) is 7.11 Å². The van der Waals surface area contributed by atoms with E-state index in [2.05, 4.69) is 20.8 Å². The fourth-order valence-electron chi connectivity index (χ4n) is 8.85. The van der Waals surface area contributed by atoms with Gasteiger partial charge in [-0.05, 0) is 85.9 Å². The smallest absolute Gasteiger partial charge is 0.308 e. The van der Waals surface area contributed by atoms with Crippen LogP contribution in [0.15, 0.2) is 0 Å². The second-order valence-electron chi connectivity index (χ2n) is 11.2. The first-order valence-electron chi connectivity index (χ1n) is 12.0. The molecule has 0 radical (unpaired) electrons. The van der Waals surface area contributed by atoms with Gasteiger partial charge in [0.05, 0.1) is 19.1 Å². The molecule has 0 aromatic heterocycles. The SMILES string of the molecule is CC[C@@H]1C(=O)[C@@H]2[C@H](CC[C@]3(C)[C@@H]([C@H](C)C(=O)OC)CC[C@@H]23)[C@@]2(C)CC[C@@H](O)C[C@@H]12. The molecule has 0 amide bonds. The van der Waals surface area contributed by atoms with Crippen LogP contribution in [0.1, 0.15) is 79.1 Å². The number of rotatable bonds is 3. The number of hydrogen-bond acceptors (Lipinski definition) is 4. The minimum atomic E-state index is -0.239. The summed E-state index contributed by atoms with van der Waals surface area (Å²) in [6.07, 6.45) is 7.68. The zero-order valence-corrected chi connectivity index (χ0v) is 18.9. The van der Waals surface area contributed by atoms with Crippen LogP contribution in [-0.4, -0.2) is 30.1 Å². The van der Waals surface area contributed by atoms with Gasteiger partial charge < -0.3 is 9.84 Å². The molecule has 4 rings (SSSR count). The van der Waals surface area contributed by atoms with Crippen LogP contribution in [-0.2, 0) is 14.3 Å². The van der Waals surface area contributed by atoms with E-state index in [0.717, 1.165) is 51.4 Å². The van der Waals surface area contributed by atoms with Crippen LogP contribution in [0.5, 0.6) is 0 Å². The molecule has 0 aromatic carbocycles. The van der Waals surface area contributed by atoms with Gasteiger partial charge >= 0.3 is 5.97 Å². The standard InChI is InChI=1S/C25H40O4/c1-6-16-20-13-15(26)9-11-25(20,4)19-10-12-24(3)17(14(2)23(28)29-5)7-8-18(24)21(19)22(16)27/h14-21,26H,6-13H2,1-5H3/t14-,15+,16-,17+,18-,19-,20-,21-,24+,25+/m0/s1. The quantitative estimate of drug-likeness (QED) is 0.697. The number of fused-ring (bicyclic) bond motifs is 5. The number of carbonyl (C=O) groups excluding carboxylic acids is 2. The van der Waals surface area contributed by atoms with Crippen molar-refractivity contribution in [3.05, 3.63) is 0 Å². The summed E-state index contributed by atoms with van der Waals surface area (Å²) in [7, 11) is 1.49. The Hall–Kier alpha value is -0.900. The van der Waals surface area contributed by atoms with Crippen LogP contribution in [0.3, 0.4) is 0 Å². The highest BCUT2D eigenvalue weighted by molar-refractivity contribution is 5.86. The summed E-state index contributed by atoms with van der Waals surface area (Å²) in [5, 5.41) is 10.4. The molecule has 0 heterocycles. The van der Waals surface area contributed by atoms with Gasteiger partial charge in [-0.1, -0.05) is 27.7 Å². The van der Waals surface area contributed by atoms with E-state index in [1.165, 1.54) is 7.11 Å². The molecular formula is C25H40O4. The molecule has 10 atom stereocenters. The maximum absolute atomic E-state index is 13.9. The normalized spacial score (nSPS) is 50.3. The molecule has 4 aliphatic rings. The lowest BCUT2D eigenvalue weighted by atomic mass is 9.42. The molecule has 29 heavy (non-hydrogen) atoms. The molecule has 4 aliphatic carbocycles. The van der Waals surface area contributed by atoms with Crippen LogP contribution in [0.4, 0.5) is 0 Å². The van der Waals surface area contributed by atoms with Crippen molar-refractivity contribution in [3.8, 4) is 0 Å². The third-order valence-electron chi connectivity index (χ3n) is 10.4. The molecule has 4 nitrogen and oxygen atoms in total. The Morgan fingerprint density at radius 2 is 1.76 bits per heavy atom. The predicted molar refractivity (Wildman–Crippen MR) is 112 cm³/mol. The second-order valence-corrected chi connectivity index (χ2v) is 11.2. The number of methoxy groups -OCH3 is 1. The molecule has 164 valence electrons. The minimum Gasteiger partial charge on any atom is -0.469 e. The minimum absolute atomic E-state index is 0.0557. The van der Waals surface area contributed by atoms with Gasteiger partial charge in [-0.25, -0.2) is 0 Å². The Balaban J connectivity index is 1.68. The second kappa shape index (κ2) is 7.35. The Kier molecular flexibility index (Phi) is 5.41. The maximum atomic E-state index is 13.9. The summed E-state index contributed by atoms with van der Waals surface area (Å²) in [6.45, 7) is 8.97. The first kappa shape index (κ1) is 21.3. The van der Waals surface area contributed by atoms with E-state index in [0.29, 0.717) is 29.5 Å². The molecule has 0 bridgehead atoms. The van der Waals surface area contributed by atoms with Crippen LogP contribution in [0.25, 0.3) is 0 Å². The first-order chi connectivity index (χ1) is 13.7.